The number of fused-ring (bicyclic) bond motifs is 8. The second-order valence-electron chi connectivity index (χ2n) is 11.8. The van der Waals surface area contributed by atoms with E-state index in [9.17, 15) is 0 Å². The molecule has 10 aromatic rings. The van der Waals surface area contributed by atoms with E-state index in [-0.39, 0.29) is 77.2 Å². The van der Waals surface area contributed by atoms with Crippen LogP contribution in [0.3, 0.4) is 0 Å². The fourth-order valence-corrected chi connectivity index (χ4v) is 6.42. The molecule has 0 nitrogen and oxygen atoms in total. The van der Waals surface area contributed by atoms with Gasteiger partial charge in [0, 0.05) is 0 Å². The van der Waals surface area contributed by atoms with Crippen LogP contribution in [0.1, 0.15) is 11.1 Å². The normalized spacial score (nSPS) is 9.96. The van der Waals surface area contributed by atoms with Crippen molar-refractivity contribution in [3.63, 3.8) is 0 Å². The van der Waals surface area contributed by atoms with E-state index in [0.717, 1.165) is 0 Å². The first-order valence-electron chi connectivity index (χ1n) is 15.9. The zero-order valence-corrected chi connectivity index (χ0v) is 34.5. The summed E-state index contributed by atoms with van der Waals surface area (Å²) in [6, 6.07) is 64.1. The van der Waals surface area contributed by atoms with Crippen molar-refractivity contribution in [2.75, 3.05) is 0 Å². The first-order chi connectivity index (χ1) is 22.7. The standard InChI is InChI=1S/2C13H9.2C10H9.2ClH.2Zr/c2*1-3-7-12-10(5-1)9-11-6-2-4-8-13(11)12;2*1-8-6-7-9-4-2-3-5-10(8)9;;;;/h2*1-9H;2*2-7H,1H3;2*1H;;/q4*-1;;;2*+2/p-2. The Morgan fingerprint density at radius 3 is 0.780 bits per heavy atom. The monoisotopic (exact) mass is 838 g/mol. The van der Waals surface area contributed by atoms with Gasteiger partial charge in [0.05, 0.1) is 0 Å². The molecule has 0 aromatic heterocycles. The Morgan fingerprint density at radius 1 is 0.300 bits per heavy atom. The predicted octanol–water partition coefficient (Wildman–Crippen LogP) is 7.16. The summed E-state index contributed by atoms with van der Waals surface area (Å²) in [5, 5.41) is 16.2. The van der Waals surface area contributed by atoms with E-state index >= 15 is 0 Å². The van der Waals surface area contributed by atoms with Crippen LogP contribution in [0.25, 0.3) is 64.6 Å². The predicted molar refractivity (Wildman–Crippen MR) is 203 cm³/mol. The second kappa shape index (κ2) is 19.3. The second-order valence-corrected chi connectivity index (χ2v) is 11.8. The molecule has 0 amide bonds. The van der Waals surface area contributed by atoms with Gasteiger partial charge in [-0.05, 0) is 0 Å². The van der Waals surface area contributed by atoms with Gasteiger partial charge in [0.2, 0.25) is 0 Å². The molecule has 0 saturated heterocycles. The van der Waals surface area contributed by atoms with Gasteiger partial charge in [0.25, 0.3) is 0 Å². The summed E-state index contributed by atoms with van der Waals surface area (Å²) in [5.74, 6) is 0. The third kappa shape index (κ3) is 9.10. The molecule has 0 heterocycles. The molecular formula is C46H36Cl2Zr2-2. The molecule has 0 bridgehead atoms. The zero-order valence-electron chi connectivity index (χ0n) is 28.1. The van der Waals surface area contributed by atoms with Gasteiger partial charge in [0.1, 0.15) is 0 Å². The summed E-state index contributed by atoms with van der Waals surface area (Å²) in [5.41, 5.74) is 2.74. The van der Waals surface area contributed by atoms with Crippen LogP contribution >= 0.6 is 0 Å². The third-order valence-corrected chi connectivity index (χ3v) is 8.84. The quantitative estimate of drug-likeness (QED) is 0.142. The van der Waals surface area contributed by atoms with Gasteiger partial charge in [-0.15, -0.1) is 150 Å². The van der Waals surface area contributed by atoms with Crippen molar-refractivity contribution >= 4 is 64.6 Å². The van der Waals surface area contributed by atoms with Gasteiger partial charge in [-0.1, -0.05) is 98.8 Å². The maximum absolute atomic E-state index is 2.24. The molecule has 0 aliphatic heterocycles. The fraction of sp³-hybridized carbons (Fsp3) is 0.0435. The maximum Gasteiger partial charge on any atom is 2.00 e. The van der Waals surface area contributed by atoms with Gasteiger partial charge in [0.15, 0.2) is 0 Å². The summed E-state index contributed by atoms with van der Waals surface area (Å²) >= 11 is 0. The van der Waals surface area contributed by atoms with E-state index in [0.29, 0.717) is 0 Å². The van der Waals surface area contributed by atoms with Gasteiger partial charge < -0.3 is 24.8 Å². The molecule has 0 radical (unpaired) electrons. The van der Waals surface area contributed by atoms with E-state index < -0.39 is 0 Å². The Bertz CT molecular complexity index is 2250. The number of aryl methyl sites for hydroxylation is 2. The van der Waals surface area contributed by atoms with Crippen LogP contribution < -0.4 is 24.8 Å². The summed E-state index contributed by atoms with van der Waals surface area (Å²) in [6.45, 7) is 4.28. The molecule has 0 aliphatic rings. The Hall–Kier alpha value is -3.37. The maximum atomic E-state index is 2.24. The molecule has 50 heavy (non-hydrogen) atoms. The van der Waals surface area contributed by atoms with Crippen LogP contribution in [0.5, 0.6) is 0 Å². The van der Waals surface area contributed by atoms with Crippen molar-refractivity contribution in [2.24, 2.45) is 0 Å². The minimum Gasteiger partial charge on any atom is -1.00 e. The van der Waals surface area contributed by atoms with Crippen LogP contribution in [0.2, 0.25) is 0 Å². The zero-order chi connectivity index (χ0) is 31.3. The average molecular weight is 842 g/mol. The number of hydrogen-bond donors (Lipinski definition) is 0. The smallest absolute Gasteiger partial charge is 1.00 e. The van der Waals surface area contributed by atoms with E-state index in [4.69, 9.17) is 0 Å². The summed E-state index contributed by atoms with van der Waals surface area (Å²) in [6.07, 6.45) is 0. The summed E-state index contributed by atoms with van der Waals surface area (Å²) < 4.78 is 0. The molecule has 4 heteroatoms. The summed E-state index contributed by atoms with van der Waals surface area (Å²) in [7, 11) is 0. The summed E-state index contributed by atoms with van der Waals surface area (Å²) in [4.78, 5) is 0. The fourth-order valence-electron chi connectivity index (χ4n) is 6.42. The SMILES string of the molecule is Cc1c[cH-]c2ccccc12.Cc1c[cH-]c2ccccc12.[Cl-].[Cl-].[Zr+2].[Zr+2].c1ccc2c(c1)[cH-]c1ccccc12.c1ccc2c(c1)[cH-]c1ccccc12. The Labute approximate surface area is 345 Å². The Morgan fingerprint density at radius 2 is 0.520 bits per heavy atom. The molecular weight excluding hydrogens is 806 g/mol. The van der Waals surface area contributed by atoms with Gasteiger partial charge in [-0.25, -0.2) is 0 Å². The Kier molecular flexibility index (Phi) is 15.8. The largest absolute Gasteiger partial charge is 2.00 e. The molecule has 10 rings (SSSR count). The molecule has 0 N–H and O–H groups in total. The van der Waals surface area contributed by atoms with Gasteiger partial charge >= 0.3 is 52.4 Å². The molecule has 0 unspecified atom stereocenters. The first-order valence-corrected chi connectivity index (χ1v) is 15.9. The van der Waals surface area contributed by atoms with E-state index in [1.54, 1.807) is 0 Å². The van der Waals surface area contributed by atoms with Gasteiger partial charge in [-0.2, -0.15) is 23.3 Å². The van der Waals surface area contributed by atoms with Crippen molar-refractivity contribution in [1.82, 2.24) is 0 Å². The van der Waals surface area contributed by atoms with Crippen molar-refractivity contribution in [3.05, 3.63) is 193 Å². The molecule has 244 valence electrons. The number of benzene rings is 6. The molecule has 10 aromatic carbocycles. The van der Waals surface area contributed by atoms with E-state index in [1.165, 1.54) is 75.8 Å². The number of halogens is 2. The molecule has 0 saturated carbocycles. The van der Waals surface area contributed by atoms with Crippen molar-refractivity contribution in [3.8, 4) is 0 Å². The van der Waals surface area contributed by atoms with E-state index in [1.807, 2.05) is 0 Å². The third-order valence-electron chi connectivity index (χ3n) is 8.84. The number of rotatable bonds is 0. The molecule has 0 atom stereocenters. The van der Waals surface area contributed by atoms with Crippen LogP contribution in [0.15, 0.2) is 182 Å². The van der Waals surface area contributed by atoms with Crippen LogP contribution in [-0.2, 0) is 52.4 Å². The van der Waals surface area contributed by atoms with E-state index in [2.05, 4.69) is 196 Å². The molecule has 0 spiro atoms. The Balaban J connectivity index is 0.000000177. The van der Waals surface area contributed by atoms with Crippen molar-refractivity contribution in [2.45, 2.75) is 13.8 Å². The topological polar surface area (TPSA) is 0 Å². The van der Waals surface area contributed by atoms with Crippen molar-refractivity contribution in [1.29, 1.82) is 0 Å². The minimum absolute atomic E-state index is 0. The van der Waals surface area contributed by atoms with Crippen LogP contribution in [-0.4, -0.2) is 0 Å². The van der Waals surface area contributed by atoms with Crippen LogP contribution in [0, 0.1) is 13.8 Å². The van der Waals surface area contributed by atoms with Crippen molar-refractivity contribution < 1.29 is 77.2 Å². The number of hydrogen-bond acceptors (Lipinski definition) is 0. The first kappa shape index (κ1) is 41.1. The van der Waals surface area contributed by atoms with Crippen LogP contribution in [0.4, 0.5) is 0 Å². The molecule has 0 fully saturated rings. The molecule has 0 aliphatic carbocycles. The average Bonchev–Trinajstić information content (AvgIpc) is 3.89. The van der Waals surface area contributed by atoms with Gasteiger partial charge in [-0.3, -0.25) is 0 Å². The minimum atomic E-state index is 0.